The van der Waals surface area contributed by atoms with Crippen LogP contribution in [-0.4, -0.2) is 31.1 Å². The molecule has 0 spiro atoms. The molecule has 1 aromatic heterocycles. The number of hydrogen-bond acceptors (Lipinski definition) is 4. The standard InChI is InChI=1S/C17H23N3O/c1-13(15-6-5-9-18-11-15)19-16-10-14(12-20(2)3)7-8-17(16)21-4/h5-11,13,19H,12H2,1-4H3. The maximum absolute atomic E-state index is 5.45. The summed E-state index contributed by atoms with van der Waals surface area (Å²) >= 11 is 0. The van der Waals surface area contributed by atoms with Gasteiger partial charge in [-0.1, -0.05) is 12.1 Å². The van der Waals surface area contributed by atoms with Crippen molar-refractivity contribution in [3.63, 3.8) is 0 Å². The van der Waals surface area contributed by atoms with Gasteiger partial charge in [-0.25, -0.2) is 0 Å². The summed E-state index contributed by atoms with van der Waals surface area (Å²) in [5.41, 5.74) is 3.41. The molecule has 0 bridgehead atoms. The van der Waals surface area contributed by atoms with E-state index in [-0.39, 0.29) is 6.04 Å². The highest BCUT2D eigenvalue weighted by Gasteiger charge is 2.10. The zero-order chi connectivity index (χ0) is 15.2. The number of aromatic nitrogens is 1. The summed E-state index contributed by atoms with van der Waals surface area (Å²) in [7, 11) is 5.83. The molecule has 0 radical (unpaired) electrons. The molecular weight excluding hydrogens is 262 g/mol. The van der Waals surface area contributed by atoms with Crippen molar-refractivity contribution in [2.45, 2.75) is 19.5 Å². The fourth-order valence-corrected chi connectivity index (χ4v) is 2.28. The summed E-state index contributed by atoms with van der Waals surface area (Å²) in [6.07, 6.45) is 3.67. The van der Waals surface area contributed by atoms with Gasteiger partial charge in [-0.15, -0.1) is 0 Å². The van der Waals surface area contributed by atoms with Crippen molar-refractivity contribution in [2.75, 3.05) is 26.5 Å². The Kier molecular flexibility index (Phi) is 5.17. The number of pyridine rings is 1. The number of methoxy groups -OCH3 is 1. The van der Waals surface area contributed by atoms with Gasteiger partial charge in [0.2, 0.25) is 0 Å². The number of anilines is 1. The van der Waals surface area contributed by atoms with Gasteiger partial charge in [0, 0.05) is 18.9 Å². The van der Waals surface area contributed by atoms with Crippen molar-refractivity contribution in [1.29, 1.82) is 0 Å². The Morgan fingerprint density at radius 1 is 1.29 bits per heavy atom. The first-order chi connectivity index (χ1) is 10.1. The number of hydrogen-bond donors (Lipinski definition) is 1. The van der Waals surface area contributed by atoms with Gasteiger partial charge in [-0.05, 0) is 50.3 Å². The third-order valence-electron chi connectivity index (χ3n) is 3.32. The van der Waals surface area contributed by atoms with E-state index in [4.69, 9.17) is 4.74 Å². The van der Waals surface area contributed by atoms with Crippen LogP contribution in [0.4, 0.5) is 5.69 Å². The second kappa shape index (κ2) is 7.09. The number of rotatable bonds is 6. The van der Waals surface area contributed by atoms with Gasteiger partial charge in [0.1, 0.15) is 5.75 Å². The lowest BCUT2D eigenvalue weighted by molar-refractivity contribution is 0.400. The van der Waals surface area contributed by atoms with E-state index in [1.165, 1.54) is 5.56 Å². The van der Waals surface area contributed by atoms with Crippen molar-refractivity contribution in [3.05, 3.63) is 53.9 Å². The quantitative estimate of drug-likeness (QED) is 0.883. The van der Waals surface area contributed by atoms with Crippen LogP contribution in [0.15, 0.2) is 42.7 Å². The Morgan fingerprint density at radius 2 is 2.10 bits per heavy atom. The predicted octanol–water partition coefficient (Wildman–Crippen LogP) is 3.32. The molecule has 0 aliphatic heterocycles. The molecule has 4 heteroatoms. The second-order valence-electron chi connectivity index (χ2n) is 5.42. The molecule has 21 heavy (non-hydrogen) atoms. The van der Waals surface area contributed by atoms with E-state index in [1.807, 2.05) is 18.3 Å². The van der Waals surface area contributed by atoms with Crippen molar-refractivity contribution in [3.8, 4) is 5.75 Å². The Balaban J connectivity index is 2.21. The highest BCUT2D eigenvalue weighted by atomic mass is 16.5. The Labute approximate surface area is 126 Å². The molecule has 0 saturated heterocycles. The van der Waals surface area contributed by atoms with Crippen LogP contribution in [0.1, 0.15) is 24.1 Å². The molecule has 4 nitrogen and oxygen atoms in total. The lowest BCUT2D eigenvalue weighted by atomic mass is 10.1. The van der Waals surface area contributed by atoms with E-state index in [1.54, 1.807) is 13.3 Å². The lowest BCUT2D eigenvalue weighted by Crippen LogP contribution is -2.12. The fourth-order valence-electron chi connectivity index (χ4n) is 2.28. The SMILES string of the molecule is COc1ccc(CN(C)C)cc1NC(C)c1cccnc1. The first kappa shape index (κ1) is 15.3. The minimum Gasteiger partial charge on any atom is -0.495 e. The third kappa shape index (κ3) is 4.20. The largest absolute Gasteiger partial charge is 0.495 e. The number of benzene rings is 1. The molecule has 112 valence electrons. The topological polar surface area (TPSA) is 37.4 Å². The third-order valence-corrected chi connectivity index (χ3v) is 3.32. The molecule has 0 aliphatic rings. The van der Waals surface area contributed by atoms with Crippen LogP contribution in [0, 0.1) is 0 Å². The summed E-state index contributed by atoms with van der Waals surface area (Å²) in [6.45, 7) is 3.02. The van der Waals surface area contributed by atoms with E-state index in [2.05, 4.69) is 54.4 Å². The maximum Gasteiger partial charge on any atom is 0.141 e. The van der Waals surface area contributed by atoms with Crippen molar-refractivity contribution < 1.29 is 4.74 Å². The fraction of sp³-hybridized carbons (Fsp3) is 0.353. The van der Waals surface area contributed by atoms with Gasteiger partial charge < -0.3 is 15.0 Å². The van der Waals surface area contributed by atoms with Gasteiger partial charge >= 0.3 is 0 Å². The molecule has 0 saturated carbocycles. The second-order valence-corrected chi connectivity index (χ2v) is 5.42. The average molecular weight is 285 g/mol. The Bertz CT molecular complexity index is 570. The van der Waals surface area contributed by atoms with Crippen LogP contribution in [0.5, 0.6) is 5.75 Å². The molecule has 0 fully saturated rings. The van der Waals surface area contributed by atoms with Gasteiger partial charge in [0.25, 0.3) is 0 Å². The summed E-state index contributed by atoms with van der Waals surface area (Å²) in [4.78, 5) is 6.32. The van der Waals surface area contributed by atoms with Crippen LogP contribution in [-0.2, 0) is 6.54 Å². The van der Waals surface area contributed by atoms with Crippen molar-refractivity contribution in [2.24, 2.45) is 0 Å². The molecule has 2 aromatic rings. The minimum absolute atomic E-state index is 0.169. The molecule has 1 heterocycles. The average Bonchev–Trinajstić information content (AvgIpc) is 2.48. The van der Waals surface area contributed by atoms with Crippen LogP contribution >= 0.6 is 0 Å². The minimum atomic E-state index is 0.169. The lowest BCUT2D eigenvalue weighted by Gasteiger charge is -2.19. The van der Waals surface area contributed by atoms with Gasteiger partial charge in [-0.2, -0.15) is 0 Å². The van der Waals surface area contributed by atoms with Gasteiger partial charge in [0.05, 0.1) is 18.8 Å². The normalized spacial score (nSPS) is 12.2. The molecule has 1 aromatic carbocycles. The number of nitrogens with one attached hydrogen (secondary N) is 1. The number of nitrogens with zero attached hydrogens (tertiary/aromatic N) is 2. The smallest absolute Gasteiger partial charge is 0.141 e. The zero-order valence-corrected chi connectivity index (χ0v) is 13.1. The monoisotopic (exact) mass is 285 g/mol. The predicted molar refractivity (Wildman–Crippen MR) is 86.7 cm³/mol. The van der Waals surface area contributed by atoms with Crippen molar-refractivity contribution >= 4 is 5.69 Å². The summed E-state index contributed by atoms with van der Waals surface area (Å²) in [6, 6.07) is 10.4. The van der Waals surface area contributed by atoms with Crippen LogP contribution in [0.2, 0.25) is 0 Å². The molecule has 1 N–H and O–H groups in total. The molecule has 0 amide bonds. The molecular formula is C17H23N3O. The van der Waals surface area contributed by atoms with Crippen LogP contribution < -0.4 is 10.1 Å². The summed E-state index contributed by atoms with van der Waals surface area (Å²) in [5.74, 6) is 0.855. The highest BCUT2D eigenvalue weighted by Crippen LogP contribution is 2.29. The Morgan fingerprint density at radius 3 is 2.71 bits per heavy atom. The van der Waals surface area contributed by atoms with Gasteiger partial charge in [0.15, 0.2) is 0 Å². The van der Waals surface area contributed by atoms with E-state index in [0.717, 1.165) is 23.5 Å². The first-order valence-electron chi connectivity index (χ1n) is 7.08. The van der Waals surface area contributed by atoms with Crippen molar-refractivity contribution in [1.82, 2.24) is 9.88 Å². The zero-order valence-electron chi connectivity index (χ0n) is 13.1. The molecule has 1 unspecified atom stereocenters. The van der Waals surface area contributed by atoms with Gasteiger partial charge in [-0.3, -0.25) is 4.98 Å². The van der Waals surface area contributed by atoms with E-state index < -0.39 is 0 Å². The first-order valence-corrected chi connectivity index (χ1v) is 7.08. The Hall–Kier alpha value is -2.07. The van der Waals surface area contributed by atoms with Crippen LogP contribution in [0.3, 0.4) is 0 Å². The van der Waals surface area contributed by atoms with E-state index in [0.29, 0.717) is 0 Å². The van der Waals surface area contributed by atoms with E-state index in [9.17, 15) is 0 Å². The summed E-state index contributed by atoms with van der Waals surface area (Å²) < 4.78 is 5.45. The molecule has 0 aliphatic carbocycles. The summed E-state index contributed by atoms with van der Waals surface area (Å²) in [5, 5.41) is 3.51. The van der Waals surface area contributed by atoms with E-state index >= 15 is 0 Å². The van der Waals surface area contributed by atoms with Crippen LogP contribution in [0.25, 0.3) is 0 Å². The highest BCUT2D eigenvalue weighted by molar-refractivity contribution is 5.59. The number of ether oxygens (including phenoxy) is 1. The molecule has 1 atom stereocenters. The molecule has 2 rings (SSSR count). The maximum atomic E-state index is 5.45.